The number of rotatable bonds is 9. The second kappa shape index (κ2) is 8.84. The molecular weight excluding hydrogens is 270 g/mol. The minimum atomic E-state index is 0.106. The summed E-state index contributed by atoms with van der Waals surface area (Å²) in [5.74, 6) is 0.389. The molecule has 0 fully saturated rings. The zero-order valence-corrected chi connectivity index (χ0v) is 12.3. The van der Waals surface area contributed by atoms with Crippen molar-refractivity contribution in [3.63, 3.8) is 0 Å². The highest BCUT2D eigenvalue weighted by Gasteiger charge is 2.04. The van der Waals surface area contributed by atoms with Crippen molar-refractivity contribution in [1.82, 2.24) is 19.9 Å². The van der Waals surface area contributed by atoms with Gasteiger partial charge in [-0.3, -0.25) is 0 Å². The lowest BCUT2D eigenvalue weighted by atomic mass is 10.6. The highest BCUT2D eigenvalue weighted by molar-refractivity contribution is 6.28. The van der Waals surface area contributed by atoms with Crippen molar-refractivity contribution in [2.75, 3.05) is 52.3 Å². The van der Waals surface area contributed by atoms with Crippen LogP contribution in [0.2, 0.25) is 5.28 Å². The Morgan fingerprint density at radius 3 is 2.68 bits per heavy atom. The number of halogens is 1. The summed E-state index contributed by atoms with van der Waals surface area (Å²) in [4.78, 5) is 13.9. The van der Waals surface area contributed by atoms with Crippen LogP contribution in [0.25, 0.3) is 0 Å². The van der Waals surface area contributed by atoms with Gasteiger partial charge in [0.2, 0.25) is 11.2 Å². The first-order valence-corrected chi connectivity index (χ1v) is 6.50. The number of hydrogen-bond donors (Lipinski definition) is 1. The van der Waals surface area contributed by atoms with Crippen LogP contribution in [-0.2, 0) is 4.74 Å². The number of nitrogens with one attached hydrogen (secondary N) is 1. The molecule has 0 aliphatic rings. The quantitative estimate of drug-likeness (QED) is 0.678. The topological polar surface area (TPSA) is 72.4 Å². The summed E-state index contributed by atoms with van der Waals surface area (Å²) >= 11 is 5.76. The summed E-state index contributed by atoms with van der Waals surface area (Å²) in [6.45, 7) is 5.08. The molecule has 108 valence electrons. The van der Waals surface area contributed by atoms with E-state index in [9.17, 15) is 0 Å². The van der Waals surface area contributed by atoms with Crippen LogP contribution in [0, 0.1) is 0 Å². The Bertz CT molecular complexity index is 378. The van der Waals surface area contributed by atoms with Gasteiger partial charge in [0.25, 0.3) is 0 Å². The summed E-state index contributed by atoms with van der Waals surface area (Å²) in [5, 5.41) is 3.11. The van der Waals surface area contributed by atoms with E-state index in [1.54, 1.807) is 0 Å². The van der Waals surface area contributed by atoms with E-state index < -0.39 is 0 Å². The molecule has 0 atom stereocenters. The standard InChI is InChI=1S/C11H20ClN5O2/c1-4-19-11-15-9(12)14-10(16-11)13-5-7-18-8-6-17(2)3/h4-8H2,1-3H3,(H,13,14,15,16). The van der Waals surface area contributed by atoms with Crippen LogP contribution >= 0.6 is 11.6 Å². The van der Waals surface area contributed by atoms with Gasteiger partial charge in [-0.2, -0.15) is 15.0 Å². The first-order valence-electron chi connectivity index (χ1n) is 6.12. The fourth-order valence-corrected chi connectivity index (χ4v) is 1.34. The fraction of sp³-hybridized carbons (Fsp3) is 0.727. The third kappa shape index (κ3) is 7.09. The van der Waals surface area contributed by atoms with Gasteiger partial charge >= 0.3 is 6.01 Å². The Labute approximate surface area is 118 Å². The minimum absolute atomic E-state index is 0.106. The molecule has 8 heteroatoms. The summed E-state index contributed by atoms with van der Waals surface area (Å²) in [6.07, 6.45) is 0. The lowest BCUT2D eigenvalue weighted by molar-refractivity contribution is 0.126. The van der Waals surface area contributed by atoms with Crippen LogP contribution < -0.4 is 10.1 Å². The Balaban J connectivity index is 2.28. The molecule has 1 N–H and O–H groups in total. The Kier molecular flexibility index (Phi) is 7.39. The van der Waals surface area contributed by atoms with E-state index in [4.69, 9.17) is 21.1 Å². The maximum Gasteiger partial charge on any atom is 0.322 e. The minimum Gasteiger partial charge on any atom is -0.464 e. The van der Waals surface area contributed by atoms with Crippen LogP contribution in [0.5, 0.6) is 6.01 Å². The SMILES string of the molecule is CCOc1nc(Cl)nc(NCCOCCN(C)C)n1. The van der Waals surface area contributed by atoms with Gasteiger partial charge in [-0.1, -0.05) is 0 Å². The Morgan fingerprint density at radius 2 is 2.00 bits per heavy atom. The summed E-state index contributed by atoms with van der Waals surface area (Å²) in [6, 6.07) is 0.221. The van der Waals surface area contributed by atoms with Gasteiger partial charge in [0, 0.05) is 13.1 Å². The lowest BCUT2D eigenvalue weighted by Crippen LogP contribution is -2.20. The largest absolute Gasteiger partial charge is 0.464 e. The van der Waals surface area contributed by atoms with Crippen LogP contribution in [0.15, 0.2) is 0 Å². The molecule has 0 aliphatic carbocycles. The van der Waals surface area contributed by atoms with Crippen molar-refractivity contribution in [1.29, 1.82) is 0 Å². The zero-order chi connectivity index (χ0) is 14.1. The first kappa shape index (κ1) is 15.9. The van der Waals surface area contributed by atoms with Crippen LogP contribution in [0.4, 0.5) is 5.95 Å². The van der Waals surface area contributed by atoms with Gasteiger partial charge in [0.1, 0.15) is 0 Å². The smallest absolute Gasteiger partial charge is 0.322 e. The molecule has 0 radical (unpaired) electrons. The van der Waals surface area contributed by atoms with E-state index in [2.05, 4.69) is 25.2 Å². The van der Waals surface area contributed by atoms with E-state index in [0.717, 1.165) is 6.54 Å². The predicted octanol–water partition coefficient (Wildman–Crippen LogP) is 0.914. The van der Waals surface area contributed by atoms with E-state index in [0.29, 0.717) is 32.3 Å². The number of anilines is 1. The Morgan fingerprint density at radius 1 is 1.21 bits per heavy atom. The van der Waals surface area contributed by atoms with Crippen molar-refractivity contribution in [2.45, 2.75) is 6.92 Å². The maximum atomic E-state index is 5.76. The van der Waals surface area contributed by atoms with Gasteiger partial charge in [-0.25, -0.2) is 0 Å². The van der Waals surface area contributed by atoms with Crippen LogP contribution in [0.1, 0.15) is 6.92 Å². The molecule has 0 aliphatic heterocycles. The fourth-order valence-electron chi connectivity index (χ4n) is 1.19. The van der Waals surface area contributed by atoms with E-state index in [1.165, 1.54) is 0 Å². The molecule has 0 spiro atoms. The van der Waals surface area contributed by atoms with Crippen molar-refractivity contribution in [3.05, 3.63) is 5.28 Å². The van der Waals surface area contributed by atoms with Crippen molar-refractivity contribution < 1.29 is 9.47 Å². The van der Waals surface area contributed by atoms with Gasteiger partial charge in [-0.15, -0.1) is 0 Å². The van der Waals surface area contributed by atoms with Crippen molar-refractivity contribution in [2.24, 2.45) is 0 Å². The Hall–Kier alpha value is -1.18. The maximum absolute atomic E-state index is 5.76. The highest BCUT2D eigenvalue weighted by Crippen LogP contribution is 2.10. The second-order valence-electron chi connectivity index (χ2n) is 3.99. The molecule has 19 heavy (non-hydrogen) atoms. The summed E-state index contributed by atoms with van der Waals surface area (Å²) < 4.78 is 10.6. The number of ether oxygens (including phenoxy) is 2. The average Bonchev–Trinajstić information content (AvgIpc) is 2.33. The van der Waals surface area contributed by atoms with E-state index in [1.807, 2.05) is 21.0 Å². The van der Waals surface area contributed by atoms with E-state index >= 15 is 0 Å². The molecule has 0 saturated heterocycles. The number of likely N-dealkylation sites (N-methyl/N-ethyl adjacent to an activating group) is 1. The molecule has 0 bridgehead atoms. The molecule has 1 rings (SSSR count). The van der Waals surface area contributed by atoms with Gasteiger partial charge in [-0.05, 0) is 32.6 Å². The van der Waals surface area contributed by atoms with Crippen LogP contribution in [0.3, 0.4) is 0 Å². The molecule has 1 heterocycles. The van der Waals surface area contributed by atoms with E-state index in [-0.39, 0.29) is 11.3 Å². The van der Waals surface area contributed by atoms with Crippen molar-refractivity contribution >= 4 is 17.5 Å². The third-order valence-corrected chi connectivity index (χ3v) is 2.24. The number of nitrogens with zero attached hydrogens (tertiary/aromatic N) is 4. The highest BCUT2D eigenvalue weighted by atomic mass is 35.5. The number of aromatic nitrogens is 3. The average molecular weight is 290 g/mol. The third-order valence-electron chi connectivity index (χ3n) is 2.07. The second-order valence-corrected chi connectivity index (χ2v) is 4.32. The molecule has 0 aromatic carbocycles. The molecule has 1 aromatic heterocycles. The zero-order valence-electron chi connectivity index (χ0n) is 11.5. The number of hydrogen-bond acceptors (Lipinski definition) is 7. The monoisotopic (exact) mass is 289 g/mol. The molecule has 0 amide bonds. The normalized spacial score (nSPS) is 10.8. The molecule has 0 unspecified atom stereocenters. The summed E-state index contributed by atoms with van der Waals surface area (Å²) in [7, 11) is 4.01. The van der Waals surface area contributed by atoms with Crippen LogP contribution in [-0.4, -0.2) is 66.9 Å². The van der Waals surface area contributed by atoms with Gasteiger partial charge < -0.3 is 19.7 Å². The lowest BCUT2D eigenvalue weighted by Gasteiger charge is -2.10. The molecule has 7 nitrogen and oxygen atoms in total. The van der Waals surface area contributed by atoms with Gasteiger partial charge in [0.15, 0.2) is 0 Å². The first-order chi connectivity index (χ1) is 9.11. The summed E-state index contributed by atoms with van der Waals surface area (Å²) in [5.41, 5.74) is 0. The van der Waals surface area contributed by atoms with Gasteiger partial charge in [0.05, 0.1) is 19.8 Å². The molecule has 0 saturated carbocycles. The molecular formula is C11H20ClN5O2. The predicted molar refractivity (Wildman–Crippen MR) is 73.9 cm³/mol. The van der Waals surface area contributed by atoms with Crippen molar-refractivity contribution in [3.8, 4) is 6.01 Å². The molecule has 1 aromatic rings.